The zero-order valence-electron chi connectivity index (χ0n) is 11.6. The summed E-state index contributed by atoms with van der Waals surface area (Å²) in [5, 5.41) is 0. The Morgan fingerprint density at radius 2 is 1.88 bits per heavy atom. The van der Waals surface area contributed by atoms with Crippen molar-refractivity contribution < 1.29 is 0 Å². The number of hydrogen-bond acceptors (Lipinski definition) is 0. The fourth-order valence-corrected chi connectivity index (χ4v) is 2.09. The molecule has 1 unspecified atom stereocenters. The Kier molecular flexibility index (Phi) is 10.6. The monoisotopic (exact) mass is 222 g/mol. The lowest BCUT2D eigenvalue weighted by Gasteiger charge is -2.14. The molecular weight excluding hydrogens is 192 g/mol. The molecule has 0 N–H and O–H groups in total. The highest BCUT2D eigenvalue weighted by molar-refractivity contribution is 4.94. The van der Waals surface area contributed by atoms with Gasteiger partial charge in [-0.1, -0.05) is 56.8 Å². The minimum atomic E-state index is 0.892. The maximum absolute atomic E-state index is 3.87. The molecule has 0 saturated heterocycles. The number of rotatable bonds is 10. The Hall–Kier alpha value is -0.520. The van der Waals surface area contributed by atoms with Crippen LogP contribution in [0.15, 0.2) is 24.3 Å². The van der Waals surface area contributed by atoms with Gasteiger partial charge in [-0.25, -0.2) is 0 Å². The van der Waals surface area contributed by atoms with Crippen molar-refractivity contribution in [2.45, 2.75) is 72.1 Å². The van der Waals surface area contributed by atoms with E-state index in [0.717, 1.165) is 5.92 Å². The van der Waals surface area contributed by atoms with Crippen molar-refractivity contribution >= 4 is 0 Å². The van der Waals surface area contributed by atoms with E-state index in [1.54, 1.807) is 0 Å². The molecule has 0 aliphatic carbocycles. The molecule has 0 spiro atoms. The summed E-state index contributed by atoms with van der Waals surface area (Å²) in [6.45, 7) is 10.5. The molecule has 0 radical (unpaired) electrons. The van der Waals surface area contributed by atoms with E-state index in [4.69, 9.17) is 0 Å². The third-order valence-corrected chi connectivity index (χ3v) is 3.39. The smallest absolute Gasteiger partial charge is 0.0323 e. The van der Waals surface area contributed by atoms with Crippen LogP contribution in [0.1, 0.15) is 72.1 Å². The minimum Gasteiger partial charge on any atom is -0.103 e. The summed E-state index contributed by atoms with van der Waals surface area (Å²) >= 11 is 0. The average molecular weight is 222 g/mol. The fourth-order valence-electron chi connectivity index (χ4n) is 2.09. The lowest BCUT2D eigenvalue weighted by molar-refractivity contribution is 0.420. The SMILES string of the molecule is C=CCC(CCCC)CCCCC(C)=CC. The van der Waals surface area contributed by atoms with Crippen molar-refractivity contribution in [1.82, 2.24) is 0 Å². The van der Waals surface area contributed by atoms with Crippen LogP contribution in [-0.2, 0) is 0 Å². The summed E-state index contributed by atoms with van der Waals surface area (Å²) in [5.41, 5.74) is 1.54. The van der Waals surface area contributed by atoms with Crippen LogP contribution < -0.4 is 0 Å². The Bertz CT molecular complexity index is 188. The average Bonchev–Trinajstić information content (AvgIpc) is 2.30. The van der Waals surface area contributed by atoms with Gasteiger partial charge in [0.05, 0.1) is 0 Å². The van der Waals surface area contributed by atoms with E-state index in [9.17, 15) is 0 Å². The second-order valence-electron chi connectivity index (χ2n) is 4.91. The molecule has 0 aliphatic rings. The molecule has 16 heavy (non-hydrogen) atoms. The molecule has 0 aromatic carbocycles. The first-order chi connectivity index (χ1) is 7.74. The molecule has 0 aliphatic heterocycles. The first-order valence-electron chi connectivity index (χ1n) is 6.97. The zero-order chi connectivity index (χ0) is 12.2. The largest absolute Gasteiger partial charge is 0.103 e. The Balaban J connectivity index is 3.62. The third kappa shape index (κ3) is 8.76. The van der Waals surface area contributed by atoms with E-state index < -0.39 is 0 Å². The molecular formula is C16H30. The second-order valence-corrected chi connectivity index (χ2v) is 4.91. The Morgan fingerprint density at radius 1 is 1.19 bits per heavy atom. The van der Waals surface area contributed by atoms with E-state index in [2.05, 4.69) is 39.5 Å². The van der Waals surface area contributed by atoms with Gasteiger partial charge < -0.3 is 0 Å². The molecule has 1 atom stereocenters. The van der Waals surface area contributed by atoms with E-state index in [0.29, 0.717) is 0 Å². The van der Waals surface area contributed by atoms with Crippen molar-refractivity contribution in [3.63, 3.8) is 0 Å². The summed E-state index contributed by atoms with van der Waals surface area (Å²) in [7, 11) is 0. The van der Waals surface area contributed by atoms with Crippen LogP contribution in [0.25, 0.3) is 0 Å². The van der Waals surface area contributed by atoms with E-state index in [-0.39, 0.29) is 0 Å². The fraction of sp³-hybridized carbons (Fsp3) is 0.750. The van der Waals surface area contributed by atoms with Gasteiger partial charge in [0, 0.05) is 0 Å². The Labute approximate surface area is 103 Å². The third-order valence-electron chi connectivity index (χ3n) is 3.39. The van der Waals surface area contributed by atoms with Gasteiger partial charge in [-0.2, -0.15) is 0 Å². The predicted molar refractivity (Wildman–Crippen MR) is 75.7 cm³/mol. The standard InChI is InChI=1S/C16H30/c1-5-8-13-16(11-6-2)14-10-9-12-15(4)7-3/h6-7,16H,2,5,8-14H2,1,3-4H3. The number of unbranched alkanes of at least 4 members (excludes halogenated alkanes) is 2. The molecule has 0 saturated carbocycles. The van der Waals surface area contributed by atoms with Gasteiger partial charge in [0.1, 0.15) is 0 Å². The van der Waals surface area contributed by atoms with Gasteiger partial charge in [0.15, 0.2) is 0 Å². The van der Waals surface area contributed by atoms with E-state index in [1.165, 1.54) is 56.9 Å². The first kappa shape index (κ1) is 15.5. The molecule has 0 fully saturated rings. The van der Waals surface area contributed by atoms with Gasteiger partial charge in [0.2, 0.25) is 0 Å². The number of allylic oxidation sites excluding steroid dienone is 3. The maximum atomic E-state index is 3.87. The van der Waals surface area contributed by atoms with Crippen LogP contribution in [0.4, 0.5) is 0 Å². The second kappa shape index (κ2) is 11.0. The maximum Gasteiger partial charge on any atom is -0.0323 e. The summed E-state index contributed by atoms with van der Waals surface area (Å²) < 4.78 is 0. The lowest BCUT2D eigenvalue weighted by atomic mass is 9.92. The summed E-state index contributed by atoms with van der Waals surface area (Å²) in [5.74, 6) is 0.892. The predicted octanol–water partition coefficient (Wildman–Crippen LogP) is 5.90. The molecule has 0 amide bonds. The van der Waals surface area contributed by atoms with Crippen LogP contribution in [0.5, 0.6) is 0 Å². The van der Waals surface area contributed by atoms with Crippen molar-refractivity contribution in [2.24, 2.45) is 5.92 Å². The van der Waals surface area contributed by atoms with Gasteiger partial charge in [-0.05, 0) is 39.0 Å². The quantitative estimate of drug-likeness (QED) is 0.319. The van der Waals surface area contributed by atoms with Crippen LogP contribution in [0.2, 0.25) is 0 Å². The van der Waals surface area contributed by atoms with Crippen LogP contribution in [0, 0.1) is 5.92 Å². The van der Waals surface area contributed by atoms with Gasteiger partial charge in [-0.3, -0.25) is 0 Å². The topological polar surface area (TPSA) is 0 Å². The number of hydrogen-bond donors (Lipinski definition) is 0. The molecule has 0 heteroatoms. The zero-order valence-corrected chi connectivity index (χ0v) is 11.6. The normalized spacial score (nSPS) is 13.8. The lowest BCUT2D eigenvalue weighted by Crippen LogP contribution is -1.99. The highest BCUT2D eigenvalue weighted by atomic mass is 14.1. The van der Waals surface area contributed by atoms with Crippen LogP contribution in [-0.4, -0.2) is 0 Å². The molecule has 0 nitrogen and oxygen atoms in total. The van der Waals surface area contributed by atoms with Crippen molar-refractivity contribution in [3.8, 4) is 0 Å². The van der Waals surface area contributed by atoms with Crippen molar-refractivity contribution in [3.05, 3.63) is 24.3 Å². The van der Waals surface area contributed by atoms with E-state index >= 15 is 0 Å². The first-order valence-corrected chi connectivity index (χ1v) is 6.97. The van der Waals surface area contributed by atoms with Gasteiger partial charge in [-0.15, -0.1) is 6.58 Å². The molecule has 0 aromatic heterocycles. The minimum absolute atomic E-state index is 0.892. The molecule has 0 heterocycles. The van der Waals surface area contributed by atoms with Gasteiger partial charge >= 0.3 is 0 Å². The van der Waals surface area contributed by atoms with Crippen molar-refractivity contribution in [1.29, 1.82) is 0 Å². The van der Waals surface area contributed by atoms with Gasteiger partial charge in [0.25, 0.3) is 0 Å². The highest BCUT2D eigenvalue weighted by Gasteiger charge is 2.05. The highest BCUT2D eigenvalue weighted by Crippen LogP contribution is 2.21. The molecule has 94 valence electrons. The van der Waals surface area contributed by atoms with Crippen LogP contribution in [0.3, 0.4) is 0 Å². The van der Waals surface area contributed by atoms with Crippen LogP contribution >= 0.6 is 0 Å². The molecule has 0 rings (SSSR count). The summed E-state index contributed by atoms with van der Waals surface area (Å²) in [6, 6.07) is 0. The molecule has 0 aromatic rings. The molecule has 0 bridgehead atoms. The van der Waals surface area contributed by atoms with E-state index in [1.807, 2.05) is 0 Å². The van der Waals surface area contributed by atoms with Crippen molar-refractivity contribution in [2.75, 3.05) is 0 Å². The summed E-state index contributed by atoms with van der Waals surface area (Å²) in [6.07, 6.45) is 15.1. The summed E-state index contributed by atoms with van der Waals surface area (Å²) in [4.78, 5) is 0. The Morgan fingerprint density at radius 3 is 2.44 bits per heavy atom.